The summed E-state index contributed by atoms with van der Waals surface area (Å²) in [6.45, 7) is 6.30. The van der Waals surface area contributed by atoms with Gasteiger partial charge < -0.3 is 20.1 Å². The van der Waals surface area contributed by atoms with Crippen LogP contribution in [-0.4, -0.2) is 69.2 Å². The molecule has 1 aromatic carbocycles. The molecule has 9 nitrogen and oxygen atoms in total. The summed E-state index contributed by atoms with van der Waals surface area (Å²) in [5.41, 5.74) is 8.69. The smallest absolute Gasteiger partial charge is 0.227 e. The van der Waals surface area contributed by atoms with Gasteiger partial charge in [0.2, 0.25) is 5.91 Å². The summed E-state index contributed by atoms with van der Waals surface area (Å²) >= 11 is 0. The Bertz CT molecular complexity index is 1690. The van der Waals surface area contributed by atoms with E-state index >= 15 is 0 Å². The molecule has 1 aliphatic carbocycles. The summed E-state index contributed by atoms with van der Waals surface area (Å²) in [5, 5.41) is 12.9. The Hall–Kier alpha value is -4.24. The van der Waals surface area contributed by atoms with Crippen LogP contribution in [0.15, 0.2) is 48.9 Å². The lowest BCUT2D eigenvalue weighted by molar-refractivity contribution is -0.122. The highest BCUT2D eigenvalue weighted by molar-refractivity contribution is 6.01. The van der Waals surface area contributed by atoms with Gasteiger partial charge in [-0.25, -0.2) is 4.98 Å². The summed E-state index contributed by atoms with van der Waals surface area (Å²) in [4.78, 5) is 30.0. The molecule has 5 heterocycles. The van der Waals surface area contributed by atoms with Crippen LogP contribution < -0.4 is 10.2 Å². The third-order valence-corrected chi connectivity index (χ3v) is 8.32. The second kappa shape index (κ2) is 9.50. The van der Waals surface area contributed by atoms with Crippen molar-refractivity contribution < 1.29 is 4.79 Å². The third-order valence-electron chi connectivity index (χ3n) is 8.32. The second-order valence-corrected chi connectivity index (χ2v) is 10.9. The highest BCUT2D eigenvalue weighted by Gasteiger charge is 2.25. The third kappa shape index (κ3) is 4.32. The van der Waals surface area contributed by atoms with Crippen molar-refractivity contribution in [1.82, 2.24) is 30.0 Å². The van der Waals surface area contributed by atoms with Crippen LogP contribution in [0.25, 0.3) is 44.5 Å². The van der Waals surface area contributed by atoms with Crippen LogP contribution in [0.4, 0.5) is 11.4 Å². The average Bonchev–Trinajstić information content (AvgIpc) is 3.53. The summed E-state index contributed by atoms with van der Waals surface area (Å²) in [5.74, 6) is 0.202. The molecule has 7 rings (SSSR count). The number of rotatable bonds is 5. The molecule has 1 saturated carbocycles. The van der Waals surface area contributed by atoms with Crippen LogP contribution in [0.2, 0.25) is 0 Å². The number of piperazine rings is 1. The van der Waals surface area contributed by atoms with E-state index in [0.29, 0.717) is 11.3 Å². The number of hydrogen-bond acceptors (Lipinski definition) is 6. The van der Waals surface area contributed by atoms with Gasteiger partial charge in [-0.05, 0) is 56.6 Å². The first-order chi connectivity index (χ1) is 19.0. The van der Waals surface area contributed by atoms with Gasteiger partial charge in [0, 0.05) is 72.1 Å². The van der Waals surface area contributed by atoms with Crippen molar-refractivity contribution in [3.63, 3.8) is 0 Å². The van der Waals surface area contributed by atoms with E-state index in [9.17, 15) is 4.79 Å². The number of aromatic amines is 2. The fourth-order valence-electron chi connectivity index (χ4n) is 5.65. The van der Waals surface area contributed by atoms with Gasteiger partial charge in [-0.2, -0.15) is 5.10 Å². The van der Waals surface area contributed by atoms with Crippen LogP contribution in [0.5, 0.6) is 0 Å². The molecule has 0 bridgehead atoms. The Balaban J connectivity index is 1.24. The van der Waals surface area contributed by atoms with E-state index in [1.165, 1.54) is 16.6 Å². The number of fused-ring (bicyclic) bond motifs is 2. The normalized spacial score (nSPS) is 16.6. The van der Waals surface area contributed by atoms with E-state index < -0.39 is 0 Å². The van der Waals surface area contributed by atoms with Gasteiger partial charge in [0.1, 0.15) is 0 Å². The highest BCUT2D eigenvalue weighted by Crippen LogP contribution is 2.36. The van der Waals surface area contributed by atoms with Crippen molar-refractivity contribution in [3.05, 3.63) is 54.5 Å². The Morgan fingerprint density at radius 3 is 2.62 bits per heavy atom. The predicted molar refractivity (Wildman–Crippen MR) is 155 cm³/mol. The minimum atomic E-state index is 0.0796. The average molecular weight is 521 g/mol. The number of pyridine rings is 2. The van der Waals surface area contributed by atoms with Gasteiger partial charge in [0.25, 0.3) is 0 Å². The zero-order chi connectivity index (χ0) is 26.5. The van der Waals surface area contributed by atoms with Crippen LogP contribution >= 0.6 is 0 Å². The standard InChI is InChI=1S/C30H32N8O/c1-18-6-7-26(38-10-8-37(2)9-11-38)23-14-25(34-27(18)23)28-24-13-21(16-32-29(24)36-35-28)20-12-22(17-31-15-20)33-30(39)19-4-3-5-19/h6-7,12-17,19,34H,3-5,8-11H2,1-2H3,(H,33,39)(H,32,35,36). The number of benzene rings is 1. The van der Waals surface area contributed by atoms with Crippen LogP contribution in [0.1, 0.15) is 24.8 Å². The molecule has 1 saturated heterocycles. The van der Waals surface area contributed by atoms with E-state index in [4.69, 9.17) is 0 Å². The predicted octanol–water partition coefficient (Wildman–Crippen LogP) is 4.97. The fraction of sp³-hybridized carbons (Fsp3) is 0.333. The first kappa shape index (κ1) is 23.8. The van der Waals surface area contributed by atoms with Crippen LogP contribution in [0, 0.1) is 12.8 Å². The molecule has 0 spiro atoms. The zero-order valence-electron chi connectivity index (χ0n) is 22.3. The zero-order valence-corrected chi connectivity index (χ0v) is 22.3. The number of aryl methyl sites for hydroxylation is 1. The highest BCUT2D eigenvalue weighted by atomic mass is 16.1. The second-order valence-electron chi connectivity index (χ2n) is 10.9. The molecule has 2 fully saturated rings. The molecule has 39 heavy (non-hydrogen) atoms. The topological polar surface area (TPSA) is 106 Å². The van der Waals surface area contributed by atoms with E-state index in [1.54, 1.807) is 12.4 Å². The van der Waals surface area contributed by atoms with E-state index in [-0.39, 0.29) is 11.8 Å². The summed E-state index contributed by atoms with van der Waals surface area (Å²) in [7, 11) is 2.18. The number of H-pyrrole nitrogens is 2. The van der Waals surface area contributed by atoms with Crippen molar-refractivity contribution >= 4 is 39.2 Å². The lowest BCUT2D eigenvalue weighted by Crippen LogP contribution is -2.44. The Morgan fingerprint density at radius 2 is 1.82 bits per heavy atom. The molecular weight excluding hydrogens is 488 g/mol. The quantitative estimate of drug-likeness (QED) is 0.302. The van der Waals surface area contributed by atoms with E-state index in [1.807, 2.05) is 12.3 Å². The van der Waals surface area contributed by atoms with E-state index in [0.717, 1.165) is 78.9 Å². The van der Waals surface area contributed by atoms with E-state index in [2.05, 4.69) is 78.5 Å². The van der Waals surface area contributed by atoms with Gasteiger partial charge in [0.05, 0.1) is 28.8 Å². The minimum Gasteiger partial charge on any atom is -0.368 e. The number of nitrogens with one attached hydrogen (secondary N) is 3. The lowest BCUT2D eigenvalue weighted by Gasteiger charge is -2.34. The fourth-order valence-corrected chi connectivity index (χ4v) is 5.65. The number of aromatic nitrogens is 5. The number of amides is 1. The molecule has 0 atom stereocenters. The van der Waals surface area contributed by atoms with Crippen LogP contribution in [-0.2, 0) is 4.79 Å². The monoisotopic (exact) mass is 520 g/mol. The minimum absolute atomic E-state index is 0.0796. The van der Waals surface area contributed by atoms with Gasteiger partial charge in [-0.1, -0.05) is 12.5 Å². The van der Waals surface area contributed by atoms with Crippen molar-refractivity contribution in [3.8, 4) is 22.5 Å². The molecule has 0 unspecified atom stereocenters. The molecular formula is C30H32N8O. The first-order valence-electron chi connectivity index (χ1n) is 13.7. The maximum Gasteiger partial charge on any atom is 0.227 e. The van der Waals surface area contributed by atoms with Crippen molar-refractivity contribution in [2.75, 3.05) is 43.4 Å². The van der Waals surface area contributed by atoms with Crippen LogP contribution in [0.3, 0.4) is 0 Å². The van der Waals surface area contributed by atoms with Crippen molar-refractivity contribution in [1.29, 1.82) is 0 Å². The van der Waals surface area contributed by atoms with Crippen molar-refractivity contribution in [2.45, 2.75) is 26.2 Å². The van der Waals surface area contributed by atoms with Gasteiger partial charge in [-0.15, -0.1) is 0 Å². The Morgan fingerprint density at radius 1 is 1.00 bits per heavy atom. The Labute approximate surface area is 226 Å². The summed E-state index contributed by atoms with van der Waals surface area (Å²) in [6.07, 6.45) is 8.36. The van der Waals surface area contributed by atoms with Gasteiger partial charge in [0.15, 0.2) is 5.65 Å². The van der Waals surface area contributed by atoms with Gasteiger partial charge >= 0.3 is 0 Å². The maximum atomic E-state index is 12.4. The molecule has 5 aromatic rings. The summed E-state index contributed by atoms with van der Waals surface area (Å²) in [6, 6.07) is 10.7. The molecule has 4 aromatic heterocycles. The molecule has 3 N–H and O–H groups in total. The number of anilines is 2. The summed E-state index contributed by atoms with van der Waals surface area (Å²) < 4.78 is 0. The van der Waals surface area contributed by atoms with Gasteiger partial charge in [-0.3, -0.25) is 14.9 Å². The van der Waals surface area contributed by atoms with Crippen molar-refractivity contribution in [2.24, 2.45) is 5.92 Å². The largest absolute Gasteiger partial charge is 0.368 e. The molecule has 2 aliphatic rings. The number of carbonyl (C=O) groups excluding carboxylic acids is 1. The number of hydrogen-bond donors (Lipinski definition) is 3. The molecule has 9 heteroatoms. The maximum absolute atomic E-state index is 12.4. The molecule has 0 radical (unpaired) electrons. The number of likely N-dealkylation sites (N-methyl/N-ethyl adjacent to an activating group) is 1. The number of carbonyl (C=O) groups is 1. The Kier molecular flexibility index (Phi) is 5.81. The number of nitrogens with zero attached hydrogens (tertiary/aromatic N) is 5. The SMILES string of the molecule is Cc1ccc(N2CCN(C)CC2)c2cc(-c3[nH]nc4ncc(-c5cncc(NC(=O)C6CCC6)c5)cc34)[nH]c12. The lowest BCUT2D eigenvalue weighted by atomic mass is 9.85. The molecule has 198 valence electrons. The first-order valence-corrected chi connectivity index (χ1v) is 13.7. The molecule has 1 amide bonds. The molecule has 1 aliphatic heterocycles.